The highest BCUT2D eigenvalue weighted by Crippen LogP contribution is 2.24. The SMILES string of the molecule is Brc1ccc(-c2nnc(CN3CCSCC3)o2)o1. The van der Waals surface area contributed by atoms with E-state index in [1.165, 1.54) is 11.5 Å². The topological polar surface area (TPSA) is 55.3 Å². The Morgan fingerprint density at radius 1 is 1.22 bits per heavy atom. The van der Waals surface area contributed by atoms with E-state index in [0.717, 1.165) is 19.6 Å². The third kappa shape index (κ3) is 2.78. The molecule has 1 aliphatic heterocycles. The van der Waals surface area contributed by atoms with Gasteiger partial charge < -0.3 is 8.83 Å². The van der Waals surface area contributed by atoms with Crippen molar-refractivity contribution in [1.82, 2.24) is 15.1 Å². The molecule has 0 aliphatic carbocycles. The molecule has 0 aromatic carbocycles. The molecule has 0 N–H and O–H groups in total. The molecule has 1 fully saturated rings. The van der Waals surface area contributed by atoms with E-state index < -0.39 is 0 Å². The molecule has 0 radical (unpaired) electrons. The van der Waals surface area contributed by atoms with Crippen LogP contribution in [0.15, 0.2) is 25.6 Å². The Labute approximate surface area is 117 Å². The molecule has 96 valence electrons. The summed E-state index contributed by atoms with van der Waals surface area (Å²) in [6.07, 6.45) is 0. The van der Waals surface area contributed by atoms with Crippen LogP contribution in [0.2, 0.25) is 0 Å². The summed E-state index contributed by atoms with van der Waals surface area (Å²) in [5, 5.41) is 8.06. The van der Waals surface area contributed by atoms with Crippen LogP contribution in [-0.4, -0.2) is 39.7 Å². The first-order valence-electron chi connectivity index (χ1n) is 5.69. The molecule has 2 aromatic rings. The lowest BCUT2D eigenvalue weighted by Crippen LogP contribution is -2.32. The summed E-state index contributed by atoms with van der Waals surface area (Å²) < 4.78 is 11.6. The Balaban J connectivity index is 1.69. The minimum Gasteiger partial charge on any atom is -0.444 e. The Morgan fingerprint density at radius 3 is 2.78 bits per heavy atom. The zero-order chi connectivity index (χ0) is 12.4. The van der Waals surface area contributed by atoms with Crippen molar-refractivity contribution in [3.63, 3.8) is 0 Å². The minimum atomic E-state index is 0.432. The maximum Gasteiger partial charge on any atom is 0.283 e. The number of nitrogens with zero attached hydrogens (tertiary/aromatic N) is 3. The van der Waals surface area contributed by atoms with Gasteiger partial charge in [-0.25, -0.2) is 0 Å². The largest absolute Gasteiger partial charge is 0.444 e. The summed E-state index contributed by atoms with van der Waals surface area (Å²) in [6.45, 7) is 2.87. The van der Waals surface area contributed by atoms with Crippen molar-refractivity contribution in [2.24, 2.45) is 0 Å². The molecule has 1 aliphatic rings. The number of furan rings is 1. The Kier molecular flexibility index (Phi) is 3.72. The first kappa shape index (κ1) is 12.3. The van der Waals surface area contributed by atoms with Crippen molar-refractivity contribution >= 4 is 27.7 Å². The predicted octanol–water partition coefficient (Wildman–Crippen LogP) is 2.64. The highest BCUT2D eigenvalue weighted by molar-refractivity contribution is 9.10. The molecule has 3 rings (SSSR count). The molecule has 1 saturated heterocycles. The molecule has 2 aromatic heterocycles. The van der Waals surface area contributed by atoms with E-state index >= 15 is 0 Å². The van der Waals surface area contributed by atoms with Crippen LogP contribution in [0.3, 0.4) is 0 Å². The quantitative estimate of drug-likeness (QED) is 0.862. The smallest absolute Gasteiger partial charge is 0.283 e. The van der Waals surface area contributed by atoms with Crippen molar-refractivity contribution in [1.29, 1.82) is 0 Å². The van der Waals surface area contributed by atoms with Crippen molar-refractivity contribution in [2.75, 3.05) is 24.6 Å². The van der Waals surface area contributed by atoms with Gasteiger partial charge in [0.05, 0.1) is 6.54 Å². The maximum absolute atomic E-state index is 5.60. The van der Waals surface area contributed by atoms with E-state index in [1.807, 2.05) is 11.8 Å². The minimum absolute atomic E-state index is 0.432. The van der Waals surface area contributed by atoms with Crippen LogP contribution in [-0.2, 0) is 6.54 Å². The average Bonchev–Trinajstić information content (AvgIpc) is 2.99. The molecule has 3 heterocycles. The molecule has 0 atom stereocenters. The second-order valence-electron chi connectivity index (χ2n) is 3.99. The van der Waals surface area contributed by atoms with Crippen molar-refractivity contribution in [3.8, 4) is 11.7 Å². The van der Waals surface area contributed by atoms with Gasteiger partial charge in [-0.15, -0.1) is 10.2 Å². The van der Waals surface area contributed by atoms with E-state index in [2.05, 4.69) is 31.0 Å². The van der Waals surface area contributed by atoms with Gasteiger partial charge in [0.15, 0.2) is 10.4 Å². The number of hydrogen-bond donors (Lipinski definition) is 0. The highest BCUT2D eigenvalue weighted by Gasteiger charge is 2.16. The van der Waals surface area contributed by atoms with Crippen LogP contribution in [0.25, 0.3) is 11.7 Å². The number of hydrogen-bond acceptors (Lipinski definition) is 6. The third-order valence-electron chi connectivity index (χ3n) is 2.71. The molecule has 0 unspecified atom stereocenters. The van der Waals surface area contributed by atoms with Crippen LogP contribution in [0, 0.1) is 0 Å². The average molecular weight is 330 g/mol. The molecule has 0 saturated carbocycles. The molecule has 0 spiro atoms. The Bertz CT molecular complexity index is 522. The first-order valence-corrected chi connectivity index (χ1v) is 7.64. The van der Waals surface area contributed by atoms with Gasteiger partial charge >= 0.3 is 0 Å². The highest BCUT2D eigenvalue weighted by atomic mass is 79.9. The second-order valence-corrected chi connectivity index (χ2v) is 6.00. The number of rotatable bonds is 3. The fourth-order valence-corrected chi connectivity index (χ4v) is 3.08. The monoisotopic (exact) mass is 329 g/mol. The van der Waals surface area contributed by atoms with E-state index in [0.29, 0.717) is 22.2 Å². The van der Waals surface area contributed by atoms with Gasteiger partial charge in [-0.2, -0.15) is 11.8 Å². The third-order valence-corrected chi connectivity index (χ3v) is 4.08. The summed E-state index contributed by atoms with van der Waals surface area (Å²) in [7, 11) is 0. The van der Waals surface area contributed by atoms with Crippen LogP contribution >= 0.6 is 27.7 Å². The zero-order valence-corrected chi connectivity index (χ0v) is 12.0. The summed E-state index contributed by atoms with van der Waals surface area (Å²) in [5.74, 6) is 4.01. The van der Waals surface area contributed by atoms with Gasteiger partial charge in [0.25, 0.3) is 5.89 Å². The second kappa shape index (κ2) is 5.46. The number of halogens is 1. The Morgan fingerprint density at radius 2 is 2.06 bits per heavy atom. The van der Waals surface area contributed by atoms with E-state index in [4.69, 9.17) is 8.83 Å². The predicted molar refractivity (Wildman–Crippen MR) is 72.3 cm³/mol. The lowest BCUT2D eigenvalue weighted by molar-refractivity contribution is 0.263. The van der Waals surface area contributed by atoms with Crippen LogP contribution in [0.5, 0.6) is 0 Å². The summed E-state index contributed by atoms with van der Waals surface area (Å²) in [6, 6.07) is 3.61. The lowest BCUT2D eigenvalue weighted by atomic mass is 10.4. The van der Waals surface area contributed by atoms with Gasteiger partial charge in [-0.1, -0.05) is 0 Å². The van der Waals surface area contributed by atoms with Crippen LogP contribution in [0.4, 0.5) is 0 Å². The Hall–Kier alpha value is -0.790. The fraction of sp³-hybridized carbons (Fsp3) is 0.455. The standard InChI is InChI=1S/C11H12BrN3O2S/c12-9-2-1-8(16-9)11-14-13-10(17-11)7-15-3-5-18-6-4-15/h1-2H,3-7H2. The van der Waals surface area contributed by atoms with Crippen molar-refractivity contribution in [2.45, 2.75) is 6.54 Å². The van der Waals surface area contributed by atoms with Crippen molar-refractivity contribution in [3.05, 3.63) is 22.7 Å². The number of thioether (sulfide) groups is 1. The molecule has 0 amide bonds. The number of aromatic nitrogens is 2. The molecule has 7 heteroatoms. The molecule has 18 heavy (non-hydrogen) atoms. The maximum atomic E-state index is 5.60. The zero-order valence-electron chi connectivity index (χ0n) is 9.63. The molecule has 0 bridgehead atoms. The van der Waals surface area contributed by atoms with Gasteiger partial charge in [0.1, 0.15) is 0 Å². The van der Waals surface area contributed by atoms with Gasteiger partial charge in [0, 0.05) is 24.6 Å². The van der Waals surface area contributed by atoms with Gasteiger partial charge in [-0.05, 0) is 28.1 Å². The summed E-state index contributed by atoms with van der Waals surface area (Å²) in [4.78, 5) is 2.33. The van der Waals surface area contributed by atoms with E-state index in [1.54, 1.807) is 12.1 Å². The van der Waals surface area contributed by atoms with Crippen molar-refractivity contribution < 1.29 is 8.83 Å². The normalized spacial score (nSPS) is 17.2. The fourth-order valence-electron chi connectivity index (χ4n) is 1.80. The summed E-state index contributed by atoms with van der Waals surface area (Å²) >= 11 is 5.23. The van der Waals surface area contributed by atoms with E-state index in [9.17, 15) is 0 Å². The molecule has 5 nitrogen and oxygen atoms in total. The van der Waals surface area contributed by atoms with Gasteiger partial charge in [0.2, 0.25) is 5.89 Å². The lowest BCUT2D eigenvalue weighted by Gasteiger charge is -2.24. The van der Waals surface area contributed by atoms with Crippen LogP contribution < -0.4 is 0 Å². The molecular formula is C11H12BrN3O2S. The van der Waals surface area contributed by atoms with Gasteiger partial charge in [-0.3, -0.25) is 4.90 Å². The van der Waals surface area contributed by atoms with E-state index in [-0.39, 0.29) is 0 Å². The summed E-state index contributed by atoms with van der Waals surface area (Å²) in [5.41, 5.74) is 0. The van der Waals surface area contributed by atoms with Crippen LogP contribution in [0.1, 0.15) is 5.89 Å². The molecular weight excluding hydrogens is 318 g/mol. The first-order chi connectivity index (χ1) is 8.81.